The molecule has 0 saturated carbocycles. The molecule has 1 saturated heterocycles. The van der Waals surface area contributed by atoms with Crippen LogP contribution in [0.15, 0.2) is 24.3 Å². The summed E-state index contributed by atoms with van der Waals surface area (Å²) in [7, 11) is 1.81. The van der Waals surface area contributed by atoms with Crippen molar-refractivity contribution < 1.29 is 14.4 Å². The van der Waals surface area contributed by atoms with E-state index in [4.69, 9.17) is 0 Å². The van der Waals surface area contributed by atoms with Crippen molar-refractivity contribution in [2.75, 3.05) is 13.7 Å². The minimum Gasteiger partial charge on any atom is -0.284 e. The van der Waals surface area contributed by atoms with Crippen LogP contribution in [0.4, 0.5) is 4.79 Å². The lowest BCUT2D eigenvalue weighted by Gasteiger charge is -2.23. The molecule has 2 rings (SSSR count). The number of carbonyl (C=O) groups is 3. The number of hydrogen-bond acceptors (Lipinski definition) is 4. The van der Waals surface area contributed by atoms with Gasteiger partial charge in [0.15, 0.2) is 0 Å². The molecule has 1 aliphatic rings. The second kappa shape index (κ2) is 6.27. The Balaban J connectivity index is 2.03. The molecule has 0 unspecified atom stereocenters. The van der Waals surface area contributed by atoms with E-state index >= 15 is 0 Å². The number of urea groups is 1. The first-order valence-electron chi connectivity index (χ1n) is 7.24. The Hall–Kier alpha value is -2.21. The maximum absolute atomic E-state index is 12.2. The topological polar surface area (TPSA) is 60.9 Å². The largest absolute Gasteiger partial charge is 0.335 e. The van der Waals surface area contributed by atoms with Crippen LogP contribution in [0.25, 0.3) is 0 Å². The maximum atomic E-state index is 12.2. The summed E-state index contributed by atoms with van der Waals surface area (Å²) in [6.45, 7) is 6.13. The predicted molar refractivity (Wildman–Crippen MR) is 81.7 cm³/mol. The number of aryl methyl sites for hydroxylation is 1. The van der Waals surface area contributed by atoms with E-state index in [0.29, 0.717) is 6.54 Å². The molecule has 0 spiro atoms. The Kier molecular flexibility index (Phi) is 4.61. The molecule has 1 aliphatic heterocycles. The average Bonchev–Trinajstić information content (AvgIpc) is 2.65. The van der Waals surface area contributed by atoms with E-state index in [0.717, 1.165) is 15.4 Å². The molecule has 1 aromatic carbocycles. The van der Waals surface area contributed by atoms with Crippen LogP contribution in [0, 0.1) is 6.92 Å². The van der Waals surface area contributed by atoms with Crippen LogP contribution in [0.5, 0.6) is 0 Å². The Morgan fingerprint density at radius 2 is 1.64 bits per heavy atom. The van der Waals surface area contributed by atoms with E-state index in [2.05, 4.69) is 0 Å². The van der Waals surface area contributed by atoms with Crippen molar-refractivity contribution >= 4 is 17.8 Å². The first-order valence-corrected chi connectivity index (χ1v) is 7.24. The zero-order chi connectivity index (χ0) is 16.4. The van der Waals surface area contributed by atoms with Crippen molar-refractivity contribution in [3.8, 4) is 0 Å². The summed E-state index contributed by atoms with van der Waals surface area (Å²) in [5.74, 6) is -1.50. The van der Waals surface area contributed by atoms with Crippen LogP contribution < -0.4 is 0 Å². The number of carbonyl (C=O) groups excluding carboxylic acids is 3. The van der Waals surface area contributed by atoms with Crippen molar-refractivity contribution in [1.82, 2.24) is 14.7 Å². The Bertz CT molecular complexity index is 595. The quantitative estimate of drug-likeness (QED) is 0.612. The fraction of sp³-hybridized carbons (Fsp3) is 0.438. The molecule has 0 N–H and O–H groups in total. The monoisotopic (exact) mass is 303 g/mol. The molecule has 22 heavy (non-hydrogen) atoms. The normalized spacial score (nSPS) is 15.6. The highest BCUT2D eigenvalue weighted by Crippen LogP contribution is 2.16. The van der Waals surface area contributed by atoms with Gasteiger partial charge in [-0.1, -0.05) is 29.8 Å². The van der Waals surface area contributed by atoms with Gasteiger partial charge >= 0.3 is 17.8 Å². The summed E-state index contributed by atoms with van der Waals surface area (Å²) in [4.78, 5) is 39.8. The van der Waals surface area contributed by atoms with Crippen molar-refractivity contribution in [1.29, 1.82) is 0 Å². The van der Waals surface area contributed by atoms with Crippen LogP contribution in [-0.2, 0) is 16.1 Å². The summed E-state index contributed by atoms with van der Waals surface area (Å²) in [6, 6.07) is 7.17. The van der Waals surface area contributed by atoms with Crippen molar-refractivity contribution in [3.05, 3.63) is 35.4 Å². The van der Waals surface area contributed by atoms with Crippen LogP contribution >= 0.6 is 0 Å². The minimum absolute atomic E-state index is 0.0977. The molecule has 0 bridgehead atoms. The fourth-order valence-electron chi connectivity index (χ4n) is 2.40. The second-order valence-corrected chi connectivity index (χ2v) is 5.93. The van der Waals surface area contributed by atoms with Gasteiger partial charge in [-0.2, -0.15) is 0 Å². The van der Waals surface area contributed by atoms with Gasteiger partial charge in [-0.25, -0.2) is 9.69 Å². The summed E-state index contributed by atoms with van der Waals surface area (Å²) >= 11 is 0. The first-order chi connectivity index (χ1) is 10.3. The lowest BCUT2D eigenvalue weighted by atomic mass is 10.1. The number of amides is 4. The van der Waals surface area contributed by atoms with Crippen molar-refractivity contribution in [2.24, 2.45) is 0 Å². The predicted octanol–water partition coefficient (Wildman–Crippen LogP) is 1.58. The van der Waals surface area contributed by atoms with E-state index in [-0.39, 0.29) is 12.7 Å². The van der Waals surface area contributed by atoms with Gasteiger partial charge in [-0.3, -0.25) is 19.4 Å². The Morgan fingerprint density at radius 1 is 1.05 bits per heavy atom. The van der Waals surface area contributed by atoms with Gasteiger partial charge in [-0.15, -0.1) is 0 Å². The molecule has 0 aromatic heterocycles. The summed E-state index contributed by atoms with van der Waals surface area (Å²) in [5.41, 5.74) is 2.26. The highest BCUT2D eigenvalue weighted by atomic mass is 16.2. The lowest BCUT2D eigenvalue weighted by molar-refractivity contribution is -0.144. The number of rotatable bonds is 5. The zero-order valence-electron chi connectivity index (χ0n) is 13.4. The molecule has 118 valence electrons. The van der Waals surface area contributed by atoms with E-state index < -0.39 is 17.8 Å². The van der Waals surface area contributed by atoms with Gasteiger partial charge in [0.1, 0.15) is 0 Å². The van der Waals surface area contributed by atoms with Crippen LogP contribution in [0.1, 0.15) is 25.0 Å². The SMILES string of the molecule is Cc1ccc(CN(C)CN2C(=O)C(=O)N(C(C)C)C2=O)cc1. The molecule has 0 radical (unpaired) electrons. The molecule has 6 heteroatoms. The molecule has 1 fully saturated rings. The molecular weight excluding hydrogens is 282 g/mol. The number of hydrogen-bond donors (Lipinski definition) is 0. The summed E-state index contributed by atoms with van der Waals surface area (Å²) in [5, 5.41) is 0. The number of benzene rings is 1. The lowest BCUT2D eigenvalue weighted by Crippen LogP contribution is -2.41. The third-order valence-corrected chi connectivity index (χ3v) is 3.56. The fourth-order valence-corrected chi connectivity index (χ4v) is 2.40. The maximum Gasteiger partial charge on any atom is 0.335 e. The van der Waals surface area contributed by atoms with Gasteiger partial charge in [0.2, 0.25) is 0 Å². The smallest absolute Gasteiger partial charge is 0.284 e. The molecule has 6 nitrogen and oxygen atoms in total. The van der Waals surface area contributed by atoms with E-state index in [1.54, 1.807) is 13.8 Å². The second-order valence-electron chi connectivity index (χ2n) is 5.93. The summed E-state index contributed by atoms with van der Waals surface area (Å²) < 4.78 is 0. The van der Waals surface area contributed by atoms with Gasteiger partial charge in [-0.05, 0) is 33.4 Å². The van der Waals surface area contributed by atoms with E-state index in [1.807, 2.05) is 43.1 Å². The van der Waals surface area contributed by atoms with E-state index in [9.17, 15) is 14.4 Å². The number of imide groups is 2. The first kappa shape index (κ1) is 16.2. The minimum atomic E-state index is -0.755. The van der Waals surface area contributed by atoms with Gasteiger partial charge < -0.3 is 0 Å². The van der Waals surface area contributed by atoms with Crippen LogP contribution in [0.2, 0.25) is 0 Å². The standard InChI is InChI=1S/C16H21N3O3/c1-11(2)19-15(21)14(20)18(16(19)22)10-17(4)9-13-7-5-12(3)6-8-13/h5-8,11H,9-10H2,1-4H3. The molecule has 1 aromatic rings. The van der Waals surface area contributed by atoms with Gasteiger partial charge in [0, 0.05) is 12.6 Å². The highest BCUT2D eigenvalue weighted by molar-refractivity contribution is 6.44. The number of nitrogens with zero attached hydrogens (tertiary/aromatic N) is 3. The molecule has 0 atom stereocenters. The van der Waals surface area contributed by atoms with Gasteiger partial charge in [0.25, 0.3) is 0 Å². The average molecular weight is 303 g/mol. The zero-order valence-corrected chi connectivity index (χ0v) is 13.4. The molecular formula is C16H21N3O3. The third kappa shape index (κ3) is 3.17. The Morgan fingerprint density at radius 3 is 2.14 bits per heavy atom. The molecule has 4 amide bonds. The van der Waals surface area contributed by atoms with Crippen LogP contribution in [0.3, 0.4) is 0 Å². The summed E-state index contributed by atoms with van der Waals surface area (Å²) in [6.07, 6.45) is 0. The van der Waals surface area contributed by atoms with Gasteiger partial charge in [0.05, 0.1) is 6.67 Å². The molecule has 1 heterocycles. The van der Waals surface area contributed by atoms with E-state index in [1.165, 1.54) is 5.56 Å². The van der Waals surface area contributed by atoms with Crippen molar-refractivity contribution in [3.63, 3.8) is 0 Å². The van der Waals surface area contributed by atoms with Crippen molar-refractivity contribution in [2.45, 2.75) is 33.4 Å². The Labute approximate surface area is 130 Å². The third-order valence-electron chi connectivity index (χ3n) is 3.56. The van der Waals surface area contributed by atoms with Crippen LogP contribution in [-0.4, -0.2) is 52.3 Å². The highest BCUT2D eigenvalue weighted by Gasteiger charge is 2.45. The molecule has 0 aliphatic carbocycles.